The molecule has 0 amide bonds. The third-order valence-corrected chi connectivity index (χ3v) is 6.65. The van der Waals surface area contributed by atoms with Crippen LogP contribution in [0.1, 0.15) is 40.4 Å². The van der Waals surface area contributed by atoms with Crippen LogP contribution in [-0.4, -0.2) is 47.8 Å². The van der Waals surface area contributed by atoms with E-state index < -0.39 is 43.6 Å². The first-order chi connectivity index (χ1) is 14.4. The summed E-state index contributed by atoms with van der Waals surface area (Å²) in [6, 6.07) is 11.9. The van der Waals surface area contributed by atoms with E-state index in [2.05, 4.69) is 15.9 Å². The molecule has 0 saturated carbocycles. The Bertz CT molecular complexity index is 901. The Kier molecular flexibility index (Phi) is 6.60. The lowest BCUT2D eigenvalue weighted by Gasteiger charge is -2.47. The molecule has 6 nitrogen and oxygen atoms in total. The molecule has 0 radical (unpaired) electrons. The van der Waals surface area contributed by atoms with Gasteiger partial charge in [0, 0.05) is 15.6 Å². The molecule has 2 aliphatic rings. The summed E-state index contributed by atoms with van der Waals surface area (Å²) in [5.74, 6) is 0. The van der Waals surface area contributed by atoms with Crippen LogP contribution >= 0.6 is 15.9 Å². The van der Waals surface area contributed by atoms with E-state index in [1.165, 1.54) is 5.56 Å². The third-order valence-electron chi connectivity index (χ3n) is 5.80. The van der Waals surface area contributed by atoms with Crippen LogP contribution in [-0.2, 0) is 18.9 Å². The van der Waals surface area contributed by atoms with E-state index in [4.69, 9.17) is 18.9 Å². The molecule has 0 spiro atoms. The van der Waals surface area contributed by atoms with Crippen molar-refractivity contribution in [3.05, 3.63) is 68.7 Å². The molecule has 2 N–H and O–H groups in total. The maximum atomic E-state index is 10.5. The highest BCUT2D eigenvalue weighted by atomic mass is 79.9. The van der Waals surface area contributed by atoms with Crippen LogP contribution in [0.4, 0.5) is 0 Å². The van der Waals surface area contributed by atoms with E-state index in [-0.39, 0.29) is 0 Å². The molecular weight excluding hydrogens is 452 g/mol. The van der Waals surface area contributed by atoms with Crippen LogP contribution < -0.4 is 0 Å². The van der Waals surface area contributed by atoms with Gasteiger partial charge < -0.3 is 29.2 Å². The molecule has 2 saturated heterocycles. The average molecular weight is 479 g/mol. The fourth-order valence-electron chi connectivity index (χ4n) is 3.78. The lowest BCUT2D eigenvalue weighted by atomic mass is 9.99. The number of hydrogen-bond donors (Lipinski definition) is 2. The Labute approximate surface area is 184 Å². The smallest absolute Gasteiger partial charge is 0.184 e. The Hall–Kier alpha value is -1.32. The van der Waals surface area contributed by atoms with Crippen LogP contribution in [0.25, 0.3) is 0 Å². The zero-order valence-electron chi connectivity index (χ0n) is 17.2. The van der Waals surface area contributed by atoms with Gasteiger partial charge in [0.2, 0.25) is 0 Å². The highest BCUT2D eigenvalue weighted by Gasteiger charge is 2.48. The molecule has 0 aromatic heterocycles. The summed E-state index contributed by atoms with van der Waals surface area (Å²) in [5, 5.41) is 20.1. The van der Waals surface area contributed by atoms with Gasteiger partial charge in [0.1, 0.15) is 24.4 Å². The number of fused-ring (bicyclic) bond motifs is 1. The van der Waals surface area contributed by atoms with Crippen molar-refractivity contribution < 1.29 is 29.2 Å². The van der Waals surface area contributed by atoms with Gasteiger partial charge in [-0.2, -0.15) is 0 Å². The largest absolute Gasteiger partial charge is 0.394 e. The maximum Gasteiger partial charge on any atom is 0.184 e. The SMILES string of the molecule is Cc1ccc(C2OC3COC(c4ccc(C)c(Br)c4)OC3C(C(O)CO)O2)cc1C. The van der Waals surface area contributed by atoms with E-state index in [9.17, 15) is 10.2 Å². The van der Waals surface area contributed by atoms with E-state index in [0.717, 1.165) is 26.7 Å². The number of aliphatic hydroxyl groups is 2. The first-order valence-electron chi connectivity index (χ1n) is 10.1. The Balaban J connectivity index is 1.57. The normalized spacial score (nSPS) is 30.0. The zero-order chi connectivity index (χ0) is 21.4. The van der Waals surface area contributed by atoms with Gasteiger partial charge in [0.15, 0.2) is 12.6 Å². The van der Waals surface area contributed by atoms with Crippen molar-refractivity contribution in [3.8, 4) is 0 Å². The molecule has 30 heavy (non-hydrogen) atoms. The Morgan fingerprint density at radius 1 is 0.933 bits per heavy atom. The van der Waals surface area contributed by atoms with Crippen LogP contribution in [0.15, 0.2) is 40.9 Å². The quantitative estimate of drug-likeness (QED) is 0.698. The lowest BCUT2D eigenvalue weighted by Crippen LogP contribution is -2.58. The summed E-state index contributed by atoms with van der Waals surface area (Å²) >= 11 is 3.54. The molecule has 162 valence electrons. The maximum absolute atomic E-state index is 10.5. The van der Waals surface area contributed by atoms with Gasteiger partial charge in [-0.1, -0.05) is 46.3 Å². The van der Waals surface area contributed by atoms with E-state index in [1.54, 1.807) is 0 Å². The van der Waals surface area contributed by atoms with Gasteiger partial charge >= 0.3 is 0 Å². The molecule has 6 atom stereocenters. The summed E-state index contributed by atoms with van der Waals surface area (Å²) in [7, 11) is 0. The molecule has 6 unspecified atom stereocenters. The van der Waals surface area contributed by atoms with Gasteiger partial charge in [0.05, 0.1) is 13.2 Å². The van der Waals surface area contributed by atoms with Crippen LogP contribution in [0, 0.1) is 20.8 Å². The molecule has 2 aliphatic heterocycles. The van der Waals surface area contributed by atoms with Crippen LogP contribution in [0.3, 0.4) is 0 Å². The number of aliphatic hydroxyl groups excluding tert-OH is 2. The second-order valence-corrected chi connectivity index (χ2v) is 8.83. The van der Waals surface area contributed by atoms with Crippen molar-refractivity contribution in [2.75, 3.05) is 13.2 Å². The van der Waals surface area contributed by atoms with Crippen molar-refractivity contribution in [1.82, 2.24) is 0 Å². The van der Waals surface area contributed by atoms with Gasteiger partial charge in [0.25, 0.3) is 0 Å². The molecule has 0 bridgehead atoms. The predicted molar refractivity (Wildman–Crippen MR) is 114 cm³/mol. The minimum atomic E-state index is -1.10. The van der Waals surface area contributed by atoms with Crippen molar-refractivity contribution in [2.24, 2.45) is 0 Å². The van der Waals surface area contributed by atoms with Crippen LogP contribution in [0.2, 0.25) is 0 Å². The number of benzene rings is 2. The second kappa shape index (κ2) is 9.04. The zero-order valence-corrected chi connectivity index (χ0v) is 18.8. The fourth-order valence-corrected chi connectivity index (χ4v) is 4.17. The highest BCUT2D eigenvalue weighted by Crippen LogP contribution is 2.39. The molecule has 0 aliphatic carbocycles. The van der Waals surface area contributed by atoms with Gasteiger partial charge in [-0.3, -0.25) is 0 Å². The molecule has 2 fully saturated rings. The Morgan fingerprint density at radius 2 is 1.63 bits per heavy atom. The average Bonchev–Trinajstić information content (AvgIpc) is 2.75. The van der Waals surface area contributed by atoms with Crippen molar-refractivity contribution in [1.29, 1.82) is 0 Å². The molecule has 2 heterocycles. The first-order valence-corrected chi connectivity index (χ1v) is 10.9. The molecule has 2 aromatic rings. The number of hydrogen-bond acceptors (Lipinski definition) is 6. The van der Waals surface area contributed by atoms with E-state index in [0.29, 0.717) is 6.61 Å². The number of halogens is 1. The lowest BCUT2D eigenvalue weighted by molar-refractivity contribution is -0.373. The molecular formula is C23H27BrO6. The van der Waals surface area contributed by atoms with Gasteiger partial charge in [-0.15, -0.1) is 0 Å². The summed E-state index contributed by atoms with van der Waals surface area (Å²) in [5.41, 5.74) is 5.13. The van der Waals surface area contributed by atoms with Crippen molar-refractivity contribution in [2.45, 2.75) is 57.8 Å². The molecule has 7 heteroatoms. The predicted octanol–water partition coefficient (Wildman–Crippen LogP) is 3.62. The summed E-state index contributed by atoms with van der Waals surface area (Å²) in [6.07, 6.45) is -4.13. The van der Waals surface area contributed by atoms with Gasteiger partial charge in [-0.25, -0.2) is 0 Å². The number of aryl methyl sites for hydroxylation is 3. The van der Waals surface area contributed by atoms with E-state index in [1.807, 2.05) is 57.2 Å². The Morgan fingerprint density at radius 3 is 2.30 bits per heavy atom. The topological polar surface area (TPSA) is 77.4 Å². The van der Waals surface area contributed by atoms with Gasteiger partial charge in [-0.05, 0) is 43.5 Å². The molecule has 4 rings (SSSR count). The second-order valence-electron chi connectivity index (χ2n) is 7.98. The number of rotatable bonds is 4. The minimum Gasteiger partial charge on any atom is -0.394 e. The minimum absolute atomic E-state index is 0.292. The summed E-state index contributed by atoms with van der Waals surface area (Å²) in [4.78, 5) is 0. The highest BCUT2D eigenvalue weighted by molar-refractivity contribution is 9.10. The summed E-state index contributed by atoms with van der Waals surface area (Å²) < 4.78 is 25.3. The number of ether oxygens (including phenoxy) is 4. The molecule has 2 aromatic carbocycles. The van der Waals surface area contributed by atoms with Crippen molar-refractivity contribution in [3.63, 3.8) is 0 Å². The van der Waals surface area contributed by atoms with Crippen LogP contribution in [0.5, 0.6) is 0 Å². The summed E-state index contributed by atoms with van der Waals surface area (Å²) in [6.45, 7) is 5.94. The fraction of sp³-hybridized carbons (Fsp3) is 0.478. The third kappa shape index (κ3) is 4.34. The monoisotopic (exact) mass is 478 g/mol. The van der Waals surface area contributed by atoms with Crippen molar-refractivity contribution >= 4 is 15.9 Å². The van der Waals surface area contributed by atoms with E-state index >= 15 is 0 Å². The standard InChI is InChI=1S/C23H27BrO6/c1-12-4-6-15(8-14(12)3)23-28-19-11-27-22(16-7-5-13(2)17(24)9-16)30-21(19)20(29-23)18(26)10-25/h4-9,18-23,25-26H,10-11H2,1-3H3. The first kappa shape index (κ1) is 21.9.